The molecule has 1 saturated carbocycles. The van der Waals surface area contributed by atoms with Gasteiger partial charge < -0.3 is 10.6 Å². The molecule has 2 atom stereocenters. The molecule has 1 saturated heterocycles. The van der Waals surface area contributed by atoms with E-state index in [0.29, 0.717) is 30.7 Å². The van der Waals surface area contributed by atoms with E-state index in [1.807, 2.05) is 0 Å². The molecule has 6 heteroatoms. The first-order valence-electron chi connectivity index (χ1n) is 9.50. The van der Waals surface area contributed by atoms with Crippen molar-refractivity contribution in [3.8, 4) is 0 Å². The summed E-state index contributed by atoms with van der Waals surface area (Å²) < 4.78 is 39.1. The van der Waals surface area contributed by atoms with Crippen LogP contribution in [-0.4, -0.2) is 19.0 Å². The predicted molar refractivity (Wildman–Crippen MR) is 94.5 cm³/mol. The van der Waals surface area contributed by atoms with Crippen molar-refractivity contribution in [2.45, 2.75) is 57.2 Å². The molecule has 1 heterocycles. The molecule has 2 N–H and O–H groups in total. The van der Waals surface area contributed by atoms with Gasteiger partial charge in [-0.1, -0.05) is 19.1 Å². The third-order valence-electron chi connectivity index (χ3n) is 5.98. The minimum Gasteiger partial charge on any atom is -0.347 e. The molecule has 1 aromatic rings. The molecule has 1 aromatic carbocycles. The second-order valence-electron chi connectivity index (χ2n) is 7.85. The molecule has 144 valence electrons. The third-order valence-corrected chi connectivity index (χ3v) is 5.98. The third kappa shape index (κ3) is 4.22. The van der Waals surface area contributed by atoms with Crippen LogP contribution in [0.15, 0.2) is 24.3 Å². The summed E-state index contributed by atoms with van der Waals surface area (Å²) in [5.74, 6) is 0.696. The molecule has 0 spiro atoms. The Labute approximate surface area is 152 Å². The number of carbonyl (C=O) groups is 1. The van der Waals surface area contributed by atoms with Gasteiger partial charge in [-0.25, -0.2) is 0 Å². The molecule has 1 amide bonds. The molecule has 2 fully saturated rings. The number of piperidine rings is 1. The second kappa shape index (κ2) is 7.59. The Bertz CT molecular complexity index is 634. The van der Waals surface area contributed by atoms with Crippen LogP contribution in [0.4, 0.5) is 13.2 Å². The normalized spacial score (nSPS) is 23.8. The number of hydrogen-bond donors (Lipinski definition) is 2. The first kappa shape index (κ1) is 19.2. The van der Waals surface area contributed by atoms with Crippen molar-refractivity contribution in [1.29, 1.82) is 0 Å². The fraction of sp³-hybridized carbons (Fsp3) is 0.650. The molecule has 0 radical (unpaired) electrons. The zero-order valence-corrected chi connectivity index (χ0v) is 15.2. The van der Waals surface area contributed by atoms with E-state index in [1.54, 1.807) is 6.07 Å². The highest BCUT2D eigenvalue weighted by Gasteiger charge is 2.41. The van der Waals surface area contributed by atoms with Gasteiger partial charge in [0, 0.05) is 6.42 Å². The van der Waals surface area contributed by atoms with Gasteiger partial charge in [-0.2, -0.15) is 13.2 Å². The van der Waals surface area contributed by atoms with Gasteiger partial charge in [-0.3, -0.25) is 4.79 Å². The summed E-state index contributed by atoms with van der Waals surface area (Å²) in [7, 11) is 0. The van der Waals surface area contributed by atoms with E-state index in [1.165, 1.54) is 12.1 Å². The average Bonchev–Trinajstić information content (AvgIpc) is 2.58. The van der Waals surface area contributed by atoms with Crippen molar-refractivity contribution >= 4 is 5.91 Å². The standard InChI is InChI=1S/C20H27F3N2O/c1-14(15-5-3-10-24-13-15)11-18(26)25-19(8-4-9-19)16-6-2-7-17(12-16)20(21,22)23/h2,6-7,12,14-15,24H,3-5,8-11,13H2,1H3,(H,25,26). The molecule has 1 aliphatic carbocycles. The van der Waals surface area contributed by atoms with Crippen LogP contribution in [0.1, 0.15) is 56.6 Å². The minimum atomic E-state index is -4.37. The Hall–Kier alpha value is -1.56. The fourth-order valence-corrected chi connectivity index (χ4v) is 4.15. The van der Waals surface area contributed by atoms with Gasteiger partial charge in [0.2, 0.25) is 5.91 Å². The fourth-order valence-electron chi connectivity index (χ4n) is 4.15. The van der Waals surface area contributed by atoms with Crippen LogP contribution in [-0.2, 0) is 16.5 Å². The number of amides is 1. The maximum absolute atomic E-state index is 13.0. The second-order valence-corrected chi connectivity index (χ2v) is 7.85. The molecule has 2 aliphatic rings. The lowest BCUT2D eigenvalue weighted by atomic mass is 9.71. The number of hydrogen-bond acceptors (Lipinski definition) is 2. The first-order valence-corrected chi connectivity index (χ1v) is 9.50. The number of halogens is 3. The number of alkyl halides is 3. The smallest absolute Gasteiger partial charge is 0.347 e. The molecule has 2 unspecified atom stereocenters. The Morgan fingerprint density at radius 3 is 2.69 bits per heavy atom. The quantitative estimate of drug-likeness (QED) is 0.817. The summed E-state index contributed by atoms with van der Waals surface area (Å²) in [6.45, 7) is 4.07. The molecular weight excluding hydrogens is 341 g/mol. The predicted octanol–water partition coefficient (Wildman–Crippen LogP) is 4.23. The van der Waals surface area contributed by atoms with Crippen molar-refractivity contribution in [2.24, 2.45) is 11.8 Å². The lowest BCUT2D eigenvalue weighted by Gasteiger charge is -2.43. The van der Waals surface area contributed by atoms with Crippen LogP contribution >= 0.6 is 0 Å². The maximum atomic E-state index is 13.0. The lowest BCUT2D eigenvalue weighted by molar-refractivity contribution is -0.137. The Balaban J connectivity index is 1.67. The van der Waals surface area contributed by atoms with E-state index in [2.05, 4.69) is 17.6 Å². The van der Waals surface area contributed by atoms with Crippen LogP contribution in [0.3, 0.4) is 0 Å². The Kier molecular flexibility index (Phi) is 5.61. The largest absolute Gasteiger partial charge is 0.416 e. The average molecular weight is 368 g/mol. The topological polar surface area (TPSA) is 41.1 Å². The number of nitrogens with one attached hydrogen (secondary N) is 2. The van der Waals surface area contributed by atoms with Gasteiger partial charge in [0.1, 0.15) is 0 Å². The summed E-state index contributed by atoms with van der Waals surface area (Å²) >= 11 is 0. The van der Waals surface area contributed by atoms with Gasteiger partial charge in [0.15, 0.2) is 0 Å². The van der Waals surface area contributed by atoms with Crippen LogP contribution in [0.25, 0.3) is 0 Å². The first-order chi connectivity index (χ1) is 12.3. The van der Waals surface area contributed by atoms with Crippen molar-refractivity contribution in [1.82, 2.24) is 10.6 Å². The van der Waals surface area contributed by atoms with Crippen LogP contribution in [0, 0.1) is 11.8 Å². The van der Waals surface area contributed by atoms with Gasteiger partial charge in [-0.05, 0) is 74.7 Å². The molecule has 3 rings (SSSR count). The van der Waals surface area contributed by atoms with Gasteiger partial charge in [-0.15, -0.1) is 0 Å². The zero-order chi connectivity index (χ0) is 18.8. The van der Waals surface area contributed by atoms with E-state index in [4.69, 9.17) is 0 Å². The van der Waals surface area contributed by atoms with E-state index >= 15 is 0 Å². The lowest BCUT2D eigenvalue weighted by Crippen LogP contribution is -2.51. The number of carbonyl (C=O) groups excluding carboxylic acids is 1. The summed E-state index contributed by atoms with van der Waals surface area (Å²) in [5.41, 5.74) is -0.723. The molecule has 1 aliphatic heterocycles. The van der Waals surface area contributed by atoms with Crippen molar-refractivity contribution in [2.75, 3.05) is 13.1 Å². The highest BCUT2D eigenvalue weighted by Crippen LogP contribution is 2.43. The maximum Gasteiger partial charge on any atom is 0.416 e. The molecule has 3 nitrogen and oxygen atoms in total. The van der Waals surface area contributed by atoms with Gasteiger partial charge >= 0.3 is 6.18 Å². The number of rotatable bonds is 5. The highest BCUT2D eigenvalue weighted by atomic mass is 19.4. The molecule has 26 heavy (non-hydrogen) atoms. The highest BCUT2D eigenvalue weighted by molar-refractivity contribution is 5.77. The molecule has 0 aromatic heterocycles. The van der Waals surface area contributed by atoms with E-state index in [0.717, 1.165) is 38.4 Å². The van der Waals surface area contributed by atoms with Crippen LogP contribution in [0.5, 0.6) is 0 Å². The van der Waals surface area contributed by atoms with Crippen molar-refractivity contribution in [3.63, 3.8) is 0 Å². The summed E-state index contributed by atoms with van der Waals surface area (Å²) in [6, 6.07) is 5.40. The monoisotopic (exact) mass is 368 g/mol. The zero-order valence-electron chi connectivity index (χ0n) is 15.2. The van der Waals surface area contributed by atoms with E-state index in [-0.39, 0.29) is 11.8 Å². The van der Waals surface area contributed by atoms with Crippen molar-refractivity contribution in [3.05, 3.63) is 35.4 Å². The Morgan fingerprint density at radius 2 is 2.12 bits per heavy atom. The number of benzene rings is 1. The van der Waals surface area contributed by atoms with E-state index in [9.17, 15) is 18.0 Å². The molecule has 0 bridgehead atoms. The van der Waals surface area contributed by atoms with Gasteiger partial charge in [0.25, 0.3) is 0 Å². The van der Waals surface area contributed by atoms with E-state index < -0.39 is 17.3 Å². The Morgan fingerprint density at radius 1 is 1.35 bits per heavy atom. The summed E-state index contributed by atoms with van der Waals surface area (Å²) in [4.78, 5) is 12.6. The molecular formula is C20H27F3N2O. The van der Waals surface area contributed by atoms with Gasteiger partial charge in [0.05, 0.1) is 11.1 Å². The summed E-state index contributed by atoms with van der Waals surface area (Å²) in [6.07, 6.45) is 0.614. The minimum absolute atomic E-state index is 0.0554. The summed E-state index contributed by atoms with van der Waals surface area (Å²) in [5, 5.41) is 6.44. The van der Waals surface area contributed by atoms with Crippen LogP contribution in [0.2, 0.25) is 0 Å². The van der Waals surface area contributed by atoms with Crippen LogP contribution < -0.4 is 10.6 Å². The van der Waals surface area contributed by atoms with Crippen molar-refractivity contribution < 1.29 is 18.0 Å². The SMILES string of the molecule is CC(CC(=O)NC1(c2cccc(C(F)(F)F)c2)CCC1)C1CCCNC1.